The Morgan fingerprint density at radius 2 is 2.11 bits per heavy atom. The van der Waals surface area contributed by atoms with Gasteiger partial charge in [0.15, 0.2) is 0 Å². The van der Waals surface area contributed by atoms with Gasteiger partial charge in [0.25, 0.3) is 0 Å². The van der Waals surface area contributed by atoms with Crippen molar-refractivity contribution >= 4 is 5.91 Å². The minimum absolute atomic E-state index is 0.0219. The number of aliphatic hydroxyl groups excluding tert-OH is 1. The predicted molar refractivity (Wildman–Crippen MR) is 114 cm³/mol. The molecule has 0 saturated heterocycles. The maximum atomic E-state index is 11.4. The van der Waals surface area contributed by atoms with Crippen molar-refractivity contribution in [3.63, 3.8) is 0 Å². The van der Waals surface area contributed by atoms with Gasteiger partial charge in [-0.3, -0.25) is 4.79 Å². The Morgan fingerprint density at radius 1 is 1.29 bits per heavy atom. The lowest BCUT2D eigenvalue weighted by Gasteiger charge is -2.14. The number of benzene rings is 1. The maximum Gasteiger partial charge on any atom is 0.219 e. The van der Waals surface area contributed by atoms with E-state index in [2.05, 4.69) is 35.7 Å². The molecule has 1 unspecified atom stereocenters. The van der Waals surface area contributed by atoms with E-state index < -0.39 is 6.10 Å². The normalized spacial score (nSPS) is 19.9. The second-order valence-electron chi connectivity index (χ2n) is 7.12. The van der Waals surface area contributed by atoms with Crippen molar-refractivity contribution in [2.75, 3.05) is 6.54 Å². The molecule has 1 aromatic rings. The zero-order valence-electron chi connectivity index (χ0n) is 16.8. The zero-order valence-corrected chi connectivity index (χ0v) is 16.8. The molecule has 28 heavy (non-hydrogen) atoms. The van der Waals surface area contributed by atoms with Gasteiger partial charge >= 0.3 is 0 Å². The lowest BCUT2D eigenvalue weighted by atomic mass is 9.98. The fourth-order valence-electron chi connectivity index (χ4n) is 3.18. The van der Waals surface area contributed by atoms with Gasteiger partial charge in [0.1, 0.15) is 6.10 Å². The third-order valence-corrected chi connectivity index (χ3v) is 4.80. The molecule has 1 aromatic carbocycles. The van der Waals surface area contributed by atoms with Crippen LogP contribution in [0.2, 0.25) is 0 Å². The molecule has 152 valence electrons. The van der Waals surface area contributed by atoms with Crippen molar-refractivity contribution in [1.82, 2.24) is 5.32 Å². The zero-order chi connectivity index (χ0) is 20.0. The molecule has 4 nitrogen and oxygen atoms in total. The van der Waals surface area contributed by atoms with Gasteiger partial charge < -0.3 is 15.2 Å². The summed E-state index contributed by atoms with van der Waals surface area (Å²) in [4.78, 5) is 11.4. The monoisotopic (exact) mass is 383 g/mol. The SMILES string of the molecule is CCNC(=O)CCCC=CC[C@H]1C=CO[C@@H]1C=CC(O)CCc1ccccc1. The largest absolute Gasteiger partial charge is 0.494 e. The van der Waals surface area contributed by atoms with Crippen LogP contribution in [0.4, 0.5) is 0 Å². The molecule has 0 saturated carbocycles. The number of carbonyl (C=O) groups excluding carboxylic acids is 1. The molecule has 0 aliphatic carbocycles. The number of amides is 1. The molecule has 3 atom stereocenters. The lowest BCUT2D eigenvalue weighted by molar-refractivity contribution is -0.121. The van der Waals surface area contributed by atoms with E-state index in [9.17, 15) is 9.90 Å². The highest BCUT2D eigenvalue weighted by molar-refractivity contribution is 5.75. The Hall–Kier alpha value is -2.33. The number of hydrogen-bond acceptors (Lipinski definition) is 3. The van der Waals surface area contributed by atoms with Crippen LogP contribution >= 0.6 is 0 Å². The van der Waals surface area contributed by atoms with Crippen LogP contribution in [0.3, 0.4) is 0 Å². The topological polar surface area (TPSA) is 58.6 Å². The number of hydrogen-bond donors (Lipinski definition) is 2. The Kier molecular flexibility index (Phi) is 10.2. The summed E-state index contributed by atoms with van der Waals surface area (Å²) in [6.07, 6.45) is 16.3. The van der Waals surface area contributed by atoms with E-state index in [1.807, 2.05) is 37.3 Å². The number of ether oxygens (including phenoxy) is 1. The molecule has 0 fully saturated rings. The summed E-state index contributed by atoms with van der Waals surface area (Å²) in [6.45, 7) is 2.63. The van der Waals surface area contributed by atoms with Gasteiger partial charge in [-0.05, 0) is 56.7 Å². The fraction of sp³-hybridized carbons (Fsp3) is 0.458. The van der Waals surface area contributed by atoms with Crippen molar-refractivity contribution in [1.29, 1.82) is 0 Å². The smallest absolute Gasteiger partial charge is 0.219 e. The van der Waals surface area contributed by atoms with E-state index in [-0.39, 0.29) is 17.9 Å². The molecule has 1 aliphatic rings. The Bertz CT molecular complexity index is 651. The minimum atomic E-state index is -0.463. The van der Waals surface area contributed by atoms with Crippen LogP contribution in [-0.4, -0.2) is 29.8 Å². The van der Waals surface area contributed by atoms with Crippen molar-refractivity contribution in [2.45, 2.75) is 57.7 Å². The quantitative estimate of drug-likeness (QED) is 0.417. The van der Waals surface area contributed by atoms with Gasteiger partial charge in [-0.1, -0.05) is 48.6 Å². The molecule has 2 N–H and O–H groups in total. The number of aryl methyl sites for hydroxylation is 1. The highest BCUT2D eigenvalue weighted by Crippen LogP contribution is 2.23. The third kappa shape index (κ3) is 8.57. The Balaban J connectivity index is 1.65. The summed E-state index contributed by atoms with van der Waals surface area (Å²) >= 11 is 0. The van der Waals surface area contributed by atoms with Gasteiger partial charge in [-0.2, -0.15) is 0 Å². The second-order valence-corrected chi connectivity index (χ2v) is 7.12. The molecule has 0 spiro atoms. The third-order valence-electron chi connectivity index (χ3n) is 4.80. The van der Waals surface area contributed by atoms with E-state index in [4.69, 9.17) is 4.74 Å². The number of aliphatic hydroxyl groups is 1. The van der Waals surface area contributed by atoms with Gasteiger partial charge in [-0.15, -0.1) is 0 Å². The molecule has 2 rings (SSSR count). The first-order valence-corrected chi connectivity index (χ1v) is 10.3. The van der Waals surface area contributed by atoms with Crippen LogP contribution in [0.5, 0.6) is 0 Å². The Morgan fingerprint density at radius 3 is 2.89 bits per heavy atom. The van der Waals surface area contributed by atoms with Crippen LogP contribution in [0.1, 0.15) is 44.6 Å². The highest BCUT2D eigenvalue weighted by Gasteiger charge is 2.20. The van der Waals surface area contributed by atoms with Crippen LogP contribution in [0.25, 0.3) is 0 Å². The maximum absolute atomic E-state index is 11.4. The van der Waals surface area contributed by atoms with Crippen LogP contribution < -0.4 is 5.32 Å². The van der Waals surface area contributed by atoms with Gasteiger partial charge in [0.05, 0.1) is 12.4 Å². The lowest BCUT2D eigenvalue weighted by Crippen LogP contribution is -2.21. The summed E-state index contributed by atoms with van der Waals surface area (Å²) in [6, 6.07) is 10.2. The van der Waals surface area contributed by atoms with Gasteiger partial charge in [0, 0.05) is 18.9 Å². The molecule has 1 amide bonds. The standard InChI is InChI=1S/C24H33NO3/c1-2-25-24(27)13-9-4-3-8-12-21-18-19-28-23(21)17-16-22(26)15-14-20-10-6-5-7-11-20/h3,5-8,10-11,16-19,21-23,26H,2,4,9,12-15H2,1H3,(H,25,27)/t21-,22?,23+/m0/s1. The number of unbranched alkanes of at least 4 members (excludes halogenated alkanes) is 1. The summed E-state index contributed by atoms with van der Waals surface area (Å²) in [5.74, 6) is 0.413. The summed E-state index contributed by atoms with van der Waals surface area (Å²) in [7, 11) is 0. The van der Waals surface area contributed by atoms with Crippen molar-refractivity contribution in [3.8, 4) is 0 Å². The predicted octanol–water partition coefficient (Wildman–Crippen LogP) is 4.32. The van der Waals surface area contributed by atoms with E-state index in [0.717, 1.165) is 25.7 Å². The van der Waals surface area contributed by atoms with E-state index in [1.165, 1.54) is 5.56 Å². The molecule has 0 aromatic heterocycles. The van der Waals surface area contributed by atoms with Gasteiger partial charge in [0.2, 0.25) is 5.91 Å². The summed E-state index contributed by atoms with van der Waals surface area (Å²) in [5.41, 5.74) is 1.24. The summed E-state index contributed by atoms with van der Waals surface area (Å²) < 4.78 is 5.65. The molecule has 4 heteroatoms. The number of rotatable bonds is 12. The van der Waals surface area contributed by atoms with Crippen molar-refractivity contribution in [2.24, 2.45) is 5.92 Å². The minimum Gasteiger partial charge on any atom is -0.494 e. The number of nitrogens with one attached hydrogen (secondary N) is 1. The van der Waals surface area contributed by atoms with E-state index in [0.29, 0.717) is 19.4 Å². The van der Waals surface area contributed by atoms with Gasteiger partial charge in [-0.25, -0.2) is 0 Å². The first kappa shape index (κ1) is 22.0. The highest BCUT2D eigenvalue weighted by atomic mass is 16.5. The number of carbonyl (C=O) groups is 1. The molecule has 0 radical (unpaired) electrons. The molecule has 1 heterocycles. The Labute approximate surface area is 169 Å². The fourth-order valence-corrected chi connectivity index (χ4v) is 3.18. The van der Waals surface area contributed by atoms with E-state index in [1.54, 1.807) is 6.26 Å². The van der Waals surface area contributed by atoms with Crippen LogP contribution in [-0.2, 0) is 16.0 Å². The average Bonchev–Trinajstić information content (AvgIpc) is 3.16. The van der Waals surface area contributed by atoms with E-state index >= 15 is 0 Å². The van der Waals surface area contributed by atoms with Crippen molar-refractivity contribution in [3.05, 3.63) is 72.5 Å². The van der Waals surface area contributed by atoms with Crippen molar-refractivity contribution < 1.29 is 14.6 Å². The second kappa shape index (κ2) is 12.9. The summed E-state index contributed by atoms with van der Waals surface area (Å²) in [5, 5.41) is 13.0. The molecule has 1 aliphatic heterocycles. The number of allylic oxidation sites excluding steroid dienone is 2. The van der Waals surface area contributed by atoms with Crippen LogP contribution in [0.15, 0.2) is 67.0 Å². The van der Waals surface area contributed by atoms with Crippen LogP contribution in [0, 0.1) is 5.92 Å². The average molecular weight is 384 g/mol. The molecular formula is C24H33NO3. The first-order valence-electron chi connectivity index (χ1n) is 10.3. The molecule has 0 bridgehead atoms. The first-order chi connectivity index (χ1) is 13.7. The molecular weight excluding hydrogens is 350 g/mol.